The molecule has 0 bridgehead atoms. The molecule has 0 radical (unpaired) electrons. The molecule has 2 aliphatic rings. The second kappa shape index (κ2) is 7.84. The van der Waals surface area contributed by atoms with Crippen molar-refractivity contribution in [2.24, 2.45) is 0 Å². The molecule has 0 aromatic carbocycles. The number of amides is 1. The average Bonchev–Trinajstić information content (AvgIpc) is 3.32. The molecular formula is C17H25ClN6O3S. The summed E-state index contributed by atoms with van der Waals surface area (Å²) in [6.07, 6.45) is 6.74. The van der Waals surface area contributed by atoms with Gasteiger partial charge >= 0.3 is 0 Å². The van der Waals surface area contributed by atoms with Crippen LogP contribution in [0.25, 0.3) is 0 Å². The predicted octanol–water partition coefficient (Wildman–Crippen LogP) is 0.733. The predicted molar refractivity (Wildman–Crippen MR) is 106 cm³/mol. The number of nitrogens with one attached hydrogen (secondary N) is 1. The number of aromatic amines is 1. The van der Waals surface area contributed by atoms with Gasteiger partial charge in [-0.2, -0.15) is 5.10 Å². The highest BCUT2D eigenvalue weighted by molar-refractivity contribution is 7.91. The quantitative estimate of drug-likeness (QED) is 0.769. The lowest BCUT2D eigenvalue weighted by atomic mass is 10.0. The Morgan fingerprint density at radius 3 is 2.68 bits per heavy atom. The summed E-state index contributed by atoms with van der Waals surface area (Å²) in [6, 6.07) is -0.386. The van der Waals surface area contributed by atoms with Crippen LogP contribution < -0.4 is 0 Å². The summed E-state index contributed by atoms with van der Waals surface area (Å²) in [5.74, 6) is 0.742. The molecule has 0 aliphatic carbocycles. The number of fused-ring (bicyclic) bond motifs is 1. The van der Waals surface area contributed by atoms with E-state index >= 15 is 0 Å². The second-order valence-electron chi connectivity index (χ2n) is 7.52. The number of hydrogen-bond donors (Lipinski definition) is 1. The normalized spacial score (nSPS) is 24.2. The van der Waals surface area contributed by atoms with Crippen LogP contribution in [0.1, 0.15) is 36.1 Å². The summed E-state index contributed by atoms with van der Waals surface area (Å²) in [6.45, 7) is 5.64. The molecule has 2 fully saturated rings. The Hall–Kier alpha value is -1.91. The Morgan fingerprint density at radius 1 is 1.29 bits per heavy atom. The summed E-state index contributed by atoms with van der Waals surface area (Å²) < 4.78 is 26.4. The van der Waals surface area contributed by atoms with E-state index in [1.807, 2.05) is 13.8 Å². The SMILES string of the molecule is CC(C)n1cc(C(=O)N2CCN(Cc3ncc[nH]3)[C@@H]3CS(=O)(=O)C[C@@H]32)cn1.Cl. The fourth-order valence-electron chi connectivity index (χ4n) is 3.95. The number of carbonyl (C=O) groups is 1. The maximum Gasteiger partial charge on any atom is 0.257 e. The van der Waals surface area contributed by atoms with E-state index in [0.717, 1.165) is 5.82 Å². The van der Waals surface area contributed by atoms with Crippen molar-refractivity contribution in [1.29, 1.82) is 0 Å². The molecule has 9 nitrogen and oxygen atoms in total. The van der Waals surface area contributed by atoms with Crippen LogP contribution in [0.15, 0.2) is 24.8 Å². The van der Waals surface area contributed by atoms with E-state index in [1.54, 1.807) is 34.4 Å². The lowest BCUT2D eigenvalue weighted by Gasteiger charge is -2.43. The molecule has 2 atom stereocenters. The minimum atomic E-state index is -3.18. The molecular weight excluding hydrogens is 404 g/mol. The fourth-order valence-corrected chi connectivity index (χ4v) is 5.96. The zero-order chi connectivity index (χ0) is 19.2. The van der Waals surface area contributed by atoms with Gasteiger partial charge in [0.25, 0.3) is 5.91 Å². The molecule has 0 saturated carbocycles. The Bertz CT molecular complexity index is 927. The van der Waals surface area contributed by atoms with Gasteiger partial charge in [0.2, 0.25) is 0 Å². The lowest BCUT2D eigenvalue weighted by Crippen LogP contribution is -2.60. The zero-order valence-corrected chi connectivity index (χ0v) is 17.5. The van der Waals surface area contributed by atoms with Gasteiger partial charge in [0, 0.05) is 43.8 Å². The maximum atomic E-state index is 13.1. The molecule has 2 aliphatic heterocycles. The van der Waals surface area contributed by atoms with Crippen molar-refractivity contribution in [1.82, 2.24) is 29.5 Å². The van der Waals surface area contributed by atoms with E-state index in [2.05, 4.69) is 20.0 Å². The summed E-state index contributed by atoms with van der Waals surface area (Å²) in [4.78, 5) is 24.2. The van der Waals surface area contributed by atoms with Crippen molar-refractivity contribution in [2.75, 3.05) is 24.6 Å². The number of sulfone groups is 1. The van der Waals surface area contributed by atoms with E-state index < -0.39 is 9.84 Å². The molecule has 1 amide bonds. The molecule has 4 rings (SSSR count). The van der Waals surface area contributed by atoms with E-state index in [-0.39, 0.29) is 47.9 Å². The molecule has 28 heavy (non-hydrogen) atoms. The summed E-state index contributed by atoms with van der Waals surface area (Å²) in [7, 11) is -3.18. The summed E-state index contributed by atoms with van der Waals surface area (Å²) >= 11 is 0. The molecule has 4 heterocycles. The zero-order valence-electron chi connectivity index (χ0n) is 15.9. The number of piperazine rings is 1. The summed E-state index contributed by atoms with van der Waals surface area (Å²) in [5.41, 5.74) is 0.506. The van der Waals surface area contributed by atoms with Gasteiger partial charge in [-0.05, 0) is 13.8 Å². The Kier molecular flexibility index (Phi) is 5.83. The van der Waals surface area contributed by atoms with E-state index in [1.165, 1.54) is 0 Å². The van der Waals surface area contributed by atoms with Crippen molar-refractivity contribution in [2.45, 2.75) is 38.5 Å². The first-order valence-electron chi connectivity index (χ1n) is 9.12. The number of imidazole rings is 1. The molecule has 2 saturated heterocycles. The monoisotopic (exact) mass is 428 g/mol. The van der Waals surface area contributed by atoms with Crippen LogP contribution >= 0.6 is 12.4 Å². The van der Waals surface area contributed by atoms with Crippen LogP contribution in [0.2, 0.25) is 0 Å². The second-order valence-corrected chi connectivity index (χ2v) is 9.67. The van der Waals surface area contributed by atoms with Gasteiger partial charge in [0.15, 0.2) is 9.84 Å². The molecule has 11 heteroatoms. The van der Waals surface area contributed by atoms with Crippen molar-refractivity contribution in [3.05, 3.63) is 36.2 Å². The van der Waals surface area contributed by atoms with Gasteiger partial charge in [-0.1, -0.05) is 0 Å². The minimum Gasteiger partial charge on any atom is -0.348 e. The molecule has 154 valence electrons. The first kappa shape index (κ1) is 20.8. The van der Waals surface area contributed by atoms with Crippen LogP contribution in [-0.2, 0) is 16.4 Å². The number of H-pyrrole nitrogens is 1. The third-order valence-corrected chi connectivity index (χ3v) is 7.04. The van der Waals surface area contributed by atoms with Crippen molar-refractivity contribution < 1.29 is 13.2 Å². The van der Waals surface area contributed by atoms with Crippen molar-refractivity contribution in [3.63, 3.8) is 0 Å². The fraction of sp³-hybridized carbons (Fsp3) is 0.588. The van der Waals surface area contributed by atoms with Crippen LogP contribution in [-0.4, -0.2) is 80.6 Å². The number of aromatic nitrogens is 4. The van der Waals surface area contributed by atoms with Crippen LogP contribution in [0.5, 0.6) is 0 Å². The minimum absolute atomic E-state index is 0. The number of carbonyl (C=O) groups excluding carboxylic acids is 1. The highest BCUT2D eigenvalue weighted by Gasteiger charge is 2.48. The number of nitrogens with zero attached hydrogens (tertiary/aromatic N) is 5. The van der Waals surface area contributed by atoms with Gasteiger partial charge in [0.1, 0.15) is 5.82 Å². The van der Waals surface area contributed by atoms with Gasteiger partial charge in [0.05, 0.1) is 35.9 Å². The molecule has 2 aromatic heterocycles. The average molecular weight is 429 g/mol. The van der Waals surface area contributed by atoms with Crippen molar-refractivity contribution >= 4 is 28.2 Å². The van der Waals surface area contributed by atoms with E-state index in [0.29, 0.717) is 25.2 Å². The first-order valence-corrected chi connectivity index (χ1v) is 10.9. The van der Waals surface area contributed by atoms with E-state index in [4.69, 9.17) is 0 Å². The topological polar surface area (TPSA) is 104 Å². The third kappa shape index (κ3) is 3.94. The number of halogens is 1. The number of hydrogen-bond acceptors (Lipinski definition) is 6. The van der Waals surface area contributed by atoms with Crippen LogP contribution in [0.3, 0.4) is 0 Å². The Labute approximate surface area is 170 Å². The molecule has 0 unspecified atom stereocenters. The third-order valence-electron chi connectivity index (χ3n) is 5.34. The smallest absolute Gasteiger partial charge is 0.257 e. The first-order chi connectivity index (χ1) is 12.8. The van der Waals surface area contributed by atoms with Gasteiger partial charge < -0.3 is 9.88 Å². The van der Waals surface area contributed by atoms with Gasteiger partial charge in [-0.3, -0.25) is 14.4 Å². The summed E-state index contributed by atoms with van der Waals surface area (Å²) in [5, 5.41) is 4.24. The Balaban J connectivity index is 0.00000225. The highest BCUT2D eigenvalue weighted by atomic mass is 35.5. The van der Waals surface area contributed by atoms with E-state index in [9.17, 15) is 13.2 Å². The highest BCUT2D eigenvalue weighted by Crippen LogP contribution is 2.29. The van der Waals surface area contributed by atoms with Gasteiger partial charge in [-0.15, -0.1) is 12.4 Å². The van der Waals surface area contributed by atoms with Crippen LogP contribution in [0, 0.1) is 0 Å². The van der Waals surface area contributed by atoms with Gasteiger partial charge in [-0.25, -0.2) is 13.4 Å². The van der Waals surface area contributed by atoms with Crippen LogP contribution in [0.4, 0.5) is 0 Å². The van der Waals surface area contributed by atoms with Crippen molar-refractivity contribution in [3.8, 4) is 0 Å². The molecule has 0 spiro atoms. The standard InChI is InChI=1S/C17H24N6O3S.ClH/c1-12(2)23-8-13(7-20-23)17(24)22-6-5-21(9-16-18-3-4-19-16)14-10-27(25,26)11-15(14)22;/h3-4,7-8,12,14-15H,5-6,9-11H2,1-2H3,(H,18,19);1H/t14-,15+;/m1./s1. The number of rotatable bonds is 4. The molecule has 2 aromatic rings. The maximum absolute atomic E-state index is 13.1. The molecule has 1 N–H and O–H groups in total. The lowest BCUT2D eigenvalue weighted by molar-refractivity contribution is 0.0299. The Morgan fingerprint density at radius 2 is 2.04 bits per heavy atom. The largest absolute Gasteiger partial charge is 0.348 e.